The topological polar surface area (TPSA) is 114 Å². The number of nitrogens with one attached hydrogen (secondary N) is 1. The maximum Gasteiger partial charge on any atom is 0.330 e. The molecule has 0 aliphatic heterocycles. The third kappa shape index (κ3) is 5.06. The van der Waals surface area contributed by atoms with Crippen LogP contribution < -0.4 is 11.2 Å². The second-order valence-electron chi connectivity index (χ2n) is 3.84. The molecule has 1 heterocycles. The van der Waals surface area contributed by atoms with E-state index in [-0.39, 0.29) is 13.0 Å². The van der Waals surface area contributed by atoms with Gasteiger partial charge in [-0.25, -0.2) is 4.79 Å². The molecular weight excluding hydrogens is 266 g/mol. The van der Waals surface area contributed by atoms with E-state index in [1.807, 2.05) is 18.8 Å². The summed E-state index contributed by atoms with van der Waals surface area (Å²) < 4.78 is 5.97. The van der Waals surface area contributed by atoms with Gasteiger partial charge in [-0.3, -0.25) is 14.3 Å². The summed E-state index contributed by atoms with van der Waals surface area (Å²) in [5, 5.41) is 12.6. The first-order valence-electron chi connectivity index (χ1n) is 6.32. The Hall–Kier alpha value is -1.80. The van der Waals surface area contributed by atoms with E-state index in [1.165, 1.54) is 20.1 Å². The average Bonchev–Trinajstić information content (AvgIpc) is 2.39. The van der Waals surface area contributed by atoms with Crippen molar-refractivity contribution in [3.8, 4) is 0 Å². The van der Waals surface area contributed by atoms with Crippen molar-refractivity contribution < 1.29 is 9.84 Å². The van der Waals surface area contributed by atoms with E-state index in [2.05, 4.69) is 5.18 Å². The van der Waals surface area contributed by atoms with Gasteiger partial charge < -0.3 is 9.84 Å². The molecule has 0 radical (unpaired) electrons. The number of ether oxygens (including phenoxy) is 1. The molecule has 2 unspecified atom stereocenters. The fourth-order valence-corrected chi connectivity index (χ4v) is 1.66. The van der Waals surface area contributed by atoms with Crippen LogP contribution in [0.4, 0.5) is 0 Å². The fraction of sp³-hybridized carbons (Fsp3) is 0.667. The van der Waals surface area contributed by atoms with Crippen molar-refractivity contribution in [2.45, 2.75) is 39.5 Å². The van der Waals surface area contributed by atoms with Crippen molar-refractivity contribution >= 4 is 0 Å². The van der Waals surface area contributed by atoms with Gasteiger partial charge in [-0.05, 0) is 6.92 Å². The molecule has 1 aromatic rings. The summed E-state index contributed by atoms with van der Waals surface area (Å²) in [6, 6.07) is 1.20. The number of hydrogen-bond acceptors (Lipinski definition) is 6. The molecular formula is C12H21N3O5. The van der Waals surface area contributed by atoms with Crippen LogP contribution in [0.25, 0.3) is 0 Å². The predicted octanol–water partition coefficient (Wildman–Crippen LogP) is 0.534. The number of rotatable bonds is 6. The molecule has 1 rings (SSSR count). The van der Waals surface area contributed by atoms with Gasteiger partial charge >= 0.3 is 5.69 Å². The third-order valence-electron chi connectivity index (χ3n) is 2.55. The van der Waals surface area contributed by atoms with E-state index >= 15 is 0 Å². The normalized spacial score (nSPS) is 13.1. The van der Waals surface area contributed by atoms with E-state index in [0.29, 0.717) is 5.69 Å². The summed E-state index contributed by atoms with van der Waals surface area (Å²) in [6.07, 6.45) is -1.76. The number of nitrogens with zero attached hydrogens (tertiary/aromatic N) is 2. The molecule has 0 saturated carbocycles. The van der Waals surface area contributed by atoms with Crippen LogP contribution in [0.1, 0.15) is 32.2 Å². The number of aliphatic hydroxyl groups is 1. The van der Waals surface area contributed by atoms with Gasteiger partial charge in [0.15, 0.2) is 0 Å². The molecule has 20 heavy (non-hydrogen) atoms. The minimum absolute atomic E-state index is 0.0228. The lowest BCUT2D eigenvalue weighted by Crippen LogP contribution is -2.35. The van der Waals surface area contributed by atoms with Gasteiger partial charge in [0.25, 0.3) is 5.56 Å². The number of aryl methyl sites for hydroxylation is 1. The zero-order valence-electron chi connectivity index (χ0n) is 12.1. The number of H-pyrrole nitrogens is 1. The summed E-state index contributed by atoms with van der Waals surface area (Å²) >= 11 is 0. The summed E-state index contributed by atoms with van der Waals surface area (Å²) in [5.74, 6) is 0. The van der Waals surface area contributed by atoms with Crippen LogP contribution in [0.5, 0.6) is 0 Å². The van der Waals surface area contributed by atoms with Gasteiger partial charge in [0, 0.05) is 25.3 Å². The van der Waals surface area contributed by atoms with Crippen LogP contribution in [0.3, 0.4) is 0 Å². The molecule has 0 aromatic carbocycles. The second kappa shape index (κ2) is 9.16. The first-order valence-corrected chi connectivity index (χ1v) is 6.32. The maximum atomic E-state index is 11.6. The quantitative estimate of drug-likeness (QED) is 0.741. The van der Waals surface area contributed by atoms with Crippen molar-refractivity contribution in [1.82, 2.24) is 9.55 Å². The largest absolute Gasteiger partial charge is 0.379 e. The molecule has 2 atom stereocenters. The van der Waals surface area contributed by atoms with Gasteiger partial charge in [0.2, 0.25) is 0 Å². The summed E-state index contributed by atoms with van der Waals surface area (Å²) in [4.78, 5) is 34.8. The van der Waals surface area contributed by atoms with Gasteiger partial charge in [-0.15, -0.1) is 0 Å². The average molecular weight is 287 g/mol. The minimum atomic E-state index is -1.19. The number of hydrogen-bond donors (Lipinski definition) is 2. The molecule has 0 spiro atoms. The smallest absolute Gasteiger partial charge is 0.330 e. The molecule has 0 fully saturated rings. The number of methoxy groups -OCH3 is 1. The number of aromatic amines is 1. The Kier molecular flexibility index (Phi) is 8.33. The molecule has 0 saturated heterocycles. The van der Waals surface area contributed by atoms with Crippen LogP contribution in [-0.4, -0.2) is 34.4 Å². The molecule has 0 amide bonds. The Balaban J connectivity index is 0.00000172. The Morgan fingerprint density at radius 3 is 2.50 bits per heavy atom. The van der Waals surface area contributed by atoms with Crippen LogP contribution in [-0.2, 0) is 4.74 Å². The zero-order valence-corrected chi connectivity index (χ0v) is 12.1. The first-order chi connectivity index (χ1) is 9.49. The van der Waals surface area contributed by atoms with Crippen molar-refractivity contribution in [2.75, 3.05) is 13.7 Å². The van der Waals surface area contributed by atoms with E-state index in [0.717, 1.165) is 4.57 Å². The Bertz CT molecular complexity index is 523. The molecule has 8 nitrogen and oxygen atoms in total. The zero-order chi connectivity index (χ0) is 15.7. The SMILES string of the molecule is CC.COC(CN=O)CC(O)n1c(C)cc(=O)[nH]c1=O. The molecule has 0 aliphatic carbocycles. The lowest BCUT2D eigenvalue weighted by molar-refractivity contribution is 0.0142. The Morgan fingerprint density at radius 2 is 2.05 bits per heavy atom. The van der Waals surface area contributed by atoms with Crippen molar-refractivity contribution in [3.05, 3.63) is 37.5 Å². The van der Waals surface area contributed by atoms with Crippen molar-refractivity contribution in [1.29, 1.82) is 0 Å². The summed E-state index contributed by atoms with van der Waals surface area (Å²) in [6.45, 7) is 5.41. The highest BCUT2D eigenvalue weighted by molar-refractivity contribution is 4.99. The molecule has 114 valence electrons. The molecule has 2 N–H and O–H groups in total. The second-order valence-corrected chi connectivity index (χ2v) is 3.84. The van der Waals surface area contributed by atoms with Gasteiger partial charge in [0.1, 0.15) is 12.8 Å². The highest BCUT2D eigenvalue weighted by atomic mass is 16.5. The van der Waals surface area contributed by atoms with Crippen LogP contribution in [0, 0.1) is 11.8 Å². The van der Waals surface area contributed by atoms with Crippen LogP contribution >= 0.6 is 0 Å². The molecule has 8 heteroatoms. The predicted molar refractivity (Wildman–Crippen MR) is 74.7 cm³/mol. The van der Waals surface area contributed by atoms with Gasteiger partial charge in [-0.2, -0.15) is 4.91 Å². The molecule has 1 aromatic heterocycles. The van der Waals surface area contributed by atoms with Crippen LogP contribution in [0.15, 0.2) is 20.8 Å². The Labute approximate surface area is 116 Å². The first kappa shape index (κ1) is 18.2. The monoisotopic (exact) mass is 287 g/mol. The number of aromatic nitrogens is 2. The highest BCUT2D eigenvalue weighted by Gasteiger charge is 2.18. The fourth-order valence-electron chi connectivity index (χ4n) is 1.66. The minimum Gasteiger partial charge on any atom is -0.379 e. The maximum absolute atomic E-state index is 11.6. The van der Waals surface area contributed by atoms with E-state index in [4.69, 9.17) is 4.74 Å². The molecule has 0 aliphatic rings. The van der Waals surface area contributed by atoms with Crippen molar-refractivity contribution in [2.24, 2.45) is 5.18 Å². The lowest BCUT2D eigenvalue weighted by Gasteiger charge is -2.19. The third-order valence-corrected chi connectivity index (χ3v) is 2.55. The molecule has 0 bridgehead atoms. The standard InChI is InChI=1S/C10H15N3O5.C2H6/c1-6-3-8(14)12-10(16)13(6)9(15)4-7(18-2)5-11-17;1-2/h3,7,9,15H,4-5H2,1-2H3,(H,12,14,16);1-2H3. The lowest BCUT2D eigenvalue weighted by atomic mass is 10.2. The van der Waals surface area contributed by atoms with E-state index in [9.17, 15) is 19.6 Å². The van der Waals surface area contributed by atoms with Gasteiger partial charge in [-0.1, -0.05) is 19.0 Å². The number of aliphatic hydroxyl groups excluding tert-OH is 1. The Morgan fingerprint density at radius 1 is 1.45 bits per heavy atom. The summed E-state index contributed by atoms with van der Waals surface area (Å²) in [7, 11) is 1.38. The number of nitroso groups, excluding NO2 is 1. The van der Waals surface area contributed by atoms with Gasteiger partial charge in [0.05, 0.1) is 6.10 Å². The highest BCUT2D eigenvalue weighted by Crippen LogP contribution is 2.12. The van der Waals surface area contributed by atoms with Crippen LogP contribution in [0.2, 0.25) is 0 Å². The van der Waals surface area contributed by atoms with E-state index in [1.54, 1.807) is 0 Å². The van der Waals surface area contributed by atoms with Crippen molar-refractivity contribution in [3.63, 3.8) is 0 Å². The van der Waals surface area contributed by atoms with E-state index < -0.39 is 23.6 Å². The summed E-state index contributed by atoms with van der Waals surface area (Å²) in [5.41, 5.74) is -0.912.